The van der Waals surface area contributed by atoms with Crippen LogP contribution in [0.3, 0.4) is 0 Å². The molecule has 0 radical (unpaired) electrons. The molecule has 0 saturated carbocycles. The molecule has 1 aromatic carbocycles. The van der Waals surface area contributed by atoms with Gasteiger partial charge in [0.25, 0.3) is 18.2 Å². The zero-order valence-corrected chi connectivity index (χ0v) is 22.6. The Morgan fingerprint density at radius 3 is 2.62 bits per heavy atom. The number of anilines is 1. The maximum absolute atomic E-state index is 13.1. The van der Waals surface area contributed by atoms with Gasteiger partial charge < -0.3 is 20.3 Å². The second kappa shape index (κ2) is 12.7. The SMILES string of the molecule is CCCC1CC(NC(=O)C(C)(C)Oc2ccc(Cl)cc2Cl)CCN1c1ccc(C(=O)NCC(F)F)cn1. The Bertz CT molecular complexity index is 1090. The van der Waals surface area contributed by atoms with Crippen molar-refractivity contribution in [3.8, 4) is 5.75 Å². The molecule has 1 fully saturated rings. The second-order valence-corrected chi connectivity index (χ2v) is 10.4. The van der Waals surface area contributed by atoms with Gasteiger partial charge in [-0.25, -0.2) is 13.8 Å². The van der Waals surface area contributed by atoms with Crippen LogP contribution in [0.2, 0.25) is 10.0 Å². The zero-order valence-electron chi connectivity index (χ0n) is 21.1. The third-order valence-electron chi connectivity index (χ3n) is 6.20. The fourth-order valence-corrected chi connectivity index (χ4v) is 4.74. The molecular weight excluding hydrogens is 525 g/mol. The molecule has 1 aliphatic rings. The number of carbonyl (C=O) groups excluding carboxylic acids is 2. The molecule has 2 aromatic rings. The minimum Gasteiger partial charge on any atom is -0.476 e. The Morgan fingerprint density at radius 1 is 1.24 bits per heavy atom. The topological polar surface area (TPSA) is 83.6 Å². The van der Waals surface area contributed by atoms with Crippen LogP contribution >= 0.6 is 23.2 Å². The minimum absolute atomic E-state index is 0.0525. The molecule has 3 rings (SSSR count). The van der Waals surface area contributed by atoms with Gasteiger partial charge in [0.2, 0.25) is 0 Å². The number of nitrogens with zero attached hydrogens (tertiary/aromatic N) is 2. The van der Waals surface area contributed by atoms with Crippen molar-refractivity contribution in [1.29, 1.82) is 0 Å². The number of halogens is 4. The number of alkyl halides is 2. The smallest absolute Gasteiger partial charge is 0.263 e. The van der Waals surface area contributed by atoms with Crippen molar-refractivity contribution < 1.29 is 23.1 Å². The lowest BCUT2D eigenvalue weighted by molar-refractivity contribution is -0.135. The van der Waals surface area contributed by atoms with Crippen LogP contribution in [0.1, 0.15) is 56.8 Å². The molecule has 11 heteroatoms. The number of pyridine rings is 1. The molecule has 1 aliphatic heterocycles. The number of hydrogen-bond donors (Lipinski definition) is 2. The molecular formula is C26H32Cl2F2N4O3. The standard InChI is InChI=1S/C26H32Cl2F2N4O3/c1-4-5-19-13-18(33-25(36)26(2,3)37-21-8-7-17(27)12-20(21)28)10-11-34(19)23-9-6-16(14-31-23)24(35)32-15-22(29)30/h6-9,12,14,18-19,22H,4-5,10-11,13,15H2,1-3H3,(H,32,35)(H,33,36). The molecule has 1 aromatic heterocycles. The molecule has 0 bridgehead atoms. The van der Waals surface area contributed by atoms with Gasteiger partial charge in [0.15, 0.2) is 5.60 Å². The Morgan fingerprint density at radius 2 is 2.00 bits per heavy atom. The van der Waals surface area contributed by atoms with Crippen molar-refractivity contribution in [2.24, 2.45) is 0 Å². The van der Waals surface area contributed by atoms with E-state index in [2.05, 4.69) is 27.4 Å². The summed E-state index contributed by atoms with van der Waals surface area (Å²) in [4.78, 5) is 31.7. The number of piperidine rings is 1. The normalized spacial score (nSPS) is 18.0. The number of ether oxygens (including phenoxy) is 1. The van der Waals surface area contributed by atoms with E-state index < -0.39 is 24.5 Å². The first-order valence-corrected chi connectivity index (χ1v) is 13.0. The maximum atomic E-state index is 13.1. The van der Waals surface area contributed by atoms with Gasteiger partial charge in [0, 0.05) is 29.8 Å². The van der Waals surface area contributed by atoms with Gasteiger partial charge in [0.1, 0.15) is 11.6 Å². The molecule has 7 nitrogen and oxygen atoms in total. The van der Waals surface area contributed by atoms with Crippen LogP contribution in [0.15, 0.2) is 36.5 Å². The van der Waals surface area contributed by atoms with E-state index in [1.165, 1.54) is 6.20 Å². The van der Waals surface area contributed by atoms with Gasteiger partial charge in [-0.3, -0.25) is 9.59 Å². The third-order valence-corrected chi connectivity index (χ3v) is 6.73. The van der Waals surface area contributed by atoms with Gasteiger partial charge in [-0.15, -0.1) is 0 Å². The van der Waals surface area contributed by atoms with Gasteiger partial charge in [0.05, 0.1) is 17.1 Å². The quantitative estimate of drug-likeness (QED) is 0.404. The van der Waals surface area contributed by atoms with Gasteiger partial charge >= 0.3 is 0 Å². The van der Waals surface area contributed by atoms with E-state index in [-0.39, 0.29) is 23.6 Å². The molecule has 0 spiro atoms. The van der Waals surface area contributed by atoms with E-state index in [0.717, 1.165) is 19.3 Å². The molecule has 2 atom stereocenters. The zero-order chi connectivity index (χ0) is 27.2. The Labute approximate surface area is 225 Å². The summed E-state index contributed by atoms with van der Waals surface area (Å²) >= 11 is 12.2. The number of aromatic nitrogens is 1. The van der Waals surface area contributed by atoms with Crippen LogP contribution in [-0.4, -0.2) is 54.0 Å². The first kappa shape index (κ1) is 28.9. The number of benzene rings is 1. The monoisotopic (exact) mass is 556 g/mol. The van der Waals surface area contributed by atoms with E-state index >= 15 is 0 Å². The number of carbonyl (C=O) groups is 2. The number of rotatable bonds is 10. The van der Waals surface area contributed by atoms with E-state index in [1.807, 2.05) is 0 Å². The highest BCUT2D eigenvalue weighted by Gasteiger charge is 2.35. The predicted octanol–water partition coefficient (Wildman–Crippen LogP) is 5.49. The van der Waals surface area contributed by atoms with Gasteiger partial charge in [-0.2, -0.15) is 0 Å². The van der Waals surface area contributed by atoms with Crippen molar-refractivity contribution in [3.05, 3.63) is 52.1 Å². The van der Waals surface area contributed by atoms with Crippen LogP contribution in [-0.2, 0) is 4.79 Å². The molecule has 1 saturated heterocycles. The van der Waals surface area contributed by atoms with Crippen molar-refractivity contribution in [3.63, 3.8) is 0 Å². The number of hydrogen-bond acceptors (Lipinski definition) is 5. The van der Waals surface area contributed by atoms with Crippen LogP contribution < -0.4 is 20.3 Å². The first-order chi connectivity index (χ1) is 17.5. The minimum atomic E-state index is -2.61. The Hall–Kier alpha value is -2.65. The van der Waals surface area contributed by atoms with Gasteiger partial charge in [-0.05, 0) is 63.4 Å². The summed E-state index contributed by atoms with van der Waals surface area (Å²) in [6.07, 6.45) is 2.04. The lowest BCUT2D eigenvalue weighted by atomic mass is 9.93. The number of amides is 2. The highest BCUT2D eigenvalue weighted by atomic mass is 35.5. The summed E-state index contributed by atoms with van der Waals surface area (Å²) in [6, 6.07) is 8.24. The van der Waals surface area contributed by atoms with E-state index in [0.29, 0.717) is 34.6 Å². The molecule has 0 aliphatic carbocycles. The fourth-order valence-electron chi connectivity index (χ4n) is 4.29. The maximum Gasteiger partial charge on any atom is 0.263 e. The predicted molar refractivity (Wildman–Crippen MR) is 141 cm³/mol. The summed E-state index contributed by atoms with van der Waals surface area (Å²) in [5.41, 5.74) is -0.932. The van der Waals surface area contributed by atoms with Crippen molar-refractivity contribution in [2.75, 3.05) is 18.0 Å². The highest BCUT2D eigenvalue weighted by Crippen LogP contribution is 2.31. The third kappa shape index (κ3) is 7.92. The van der Waals surface area contributed by atoms with Gasteiger partial charge in [-0.1, -0.05) is 36.5 Å². The van der Waals surface area contributed by atoms with Crippen LogP contribution in [0.25, 0.3) is 0 Å². The summed E-state index contributed by atoms with van der Waals surface area (Å²) in [5, 5.41) is 6.11. The van der Waals surface area contributed by atoms with Crippen LogP contribution in [0, 0.1) is 0 Å². The average Bonchev–Trinajstić information content (AvgIpc) is 2.85. The Kier molecular flexibility index (Phi) is 9.95. The second-order valence-electron chi connectivity index (χ2n) is 9.52. The van der Waals surface area contributed by atoms with Crippen LogP contribution in [0.4, 0.5) is 14.6 Å². The number of nitrogens with one attached hydrogen (secondary N) is 2. The highest BCUT2D eigenvalue weighted by molar-refractivity contribution is 6.35. The molecule has 2 heterocycles. The summed E-state index contributed by atoms with van der Waals surface area (Å²) in [5.74, 6) is 0.247. The molecule has 37 heavy (non-hydrogen) atoms. The fraction of sp³-hybridized carbons (Fsp3) is 0.500. The van der Waals surface area contributed by atoms with Crippen molar-refractivity contribution in [2.45, 2.75) is 70.6 Å². The lowest BCUT2D eigenvalue weighted by Crippen LogP contribution is -2.55. The summed E-state index contributed by atoms with van der Waals surface area (Å²) in [7, 11) is 0. The Balaban J connectivity index is 1.62. The molecule has 2 unspecified atom stereocenters. The van der Waals surface area contributed by atoms with E-state index in [4.69, 9.17) is 27.9 Å². The van der Waals surface area contributed by atoms with Crippen molar-refractivity contribution in [1.82, 2.24) is 15.6 Å². The first-order valence-electron chi connectivity index (χ1n) is 12.2. The van der Waals surface area contributed by atoms with E-state index in [1.54, 1.807) is 44.2 Å². The van der Waals surface area contributed by atoms with Crippen molar-refractivity contribution >= 4 is 40.8 Å². The van der Waals surface area contributed by atoms with E-state index in [9.17, 15) is 18.4 Å². The molecule has 2 N–H and O–H groups in total. The summed E-state index contributed by atoms with van der Waals surface area (Å²) in [6.45, 7) is 5.43. The van der Waals surface area contributed by atoms with Crippen LogP contribution in [0.5, 0.6) is 5.75 Å². The summed E-state index contributed by atoms with van der Waals surface area (Å²) < 4.78 is 30.6. The lowest BCUT2D eigenvalue weighted by Gasteiger charge is -2.41. The average molecular weight is 557 g/mol. The largest absolute Gasteiger partial charge is 0.476 e. The molecule has 202 valence electrons. The molecule has 2 amide bonds.